The molecule has 6 heteroatoms. The Kier molecular flexibility index (Phi) is 3.37. The van der Waals surface area contributed by atoms with Gasteiger partial charge in [0.25, 0.3) is 0 Å². The van der Waals surface area contributed by atoms with Crippen LogP contribution in [0.3, 0.4) is 0 Å². The van der Waals surface area contributed by atoms with Crippen molar-refractivity contribution in [2.24, 2.45) is 0 Å². The molecule has 1 aromatic carbocycles. The summed E-state index contributed by atoms with van der Waals surface area (Å²) in [6.45, 7) is 0.641. The number of benzene rings is 1. The number of ether oxygens (including phenoxy) is 1. The van der Waals surface area contributed by atoms with Gasteiger partial charge in [0.1, 0.15) is 12.4 Å². The average Bonchev–Trinajstić information content (AvgIpc) is 2.31. The number of aliphatic hydroxyl groups excluding tert-OH is 1. The van der Waals surface area contributed by atoms with Crippen LogP contribution >= 0.6 is 0 Å². The van der Waals surface area contributed by atoms with E-state index in [9.17, 15) is 8.42 Å². The molecular weight excluding hydrogens is 242 g/mol. The number of hydrogen-bond donors (Lipinski definition) is 1. The smallest absolute Gasteiger partial charge is 0.243 e. The molecule has 1 aromatic rings. The summed E-state index contributed by atoms with van der Waals surface area (Å²) in [7, 11) is -1.75. The van der Waals surface area contributed by atoms with Crippen LogP contribution in [0.1, 0.15) is 5.56 Å². The lowest BCUT2D eigenvalue weighted by molar-refractivity contribution is 0.201. The minimum absolute atomic E-state index is 0.0574. The van der Waals surface area contributed by atoms with E-state index in [1.807, 2.05) is 0 Å². The number of sulfonamides is 1. The van der Waals surface area contributed by atoms with Gasteiger partial charge in [-0.2, -0.15) is 0 Å². The van der Waals surface area contributed by atoms with Crippen molar-refractivity contribution in [3.63, 3.8) is 0 Å². The van der Waals surface area contributed by atoms with Gasteiger partial charge >= 0.3 is 0 Å². The van der Waals surface area contributed by atoms with Crippen molar-refractivity contribution in [1.82, 2.24) is 4.31 Å². The van der Waals surface area contributed by atoms with Crippen molar-refractivity contribution in [2.75, 3.05) is 26.8 Å². The molecule has 0 saturated heterocycles. The number of hydrogen-bond acceptors (Lipinski definition) is 4. The molecule has 94 valence electrons. The lowest BCUT2D eigenvalue weighted by Crippen LogP contribution is -2.33. The highest BCUT2D eigenvalue weighted by Gasteiger charge is 2.28. The Balaban J connectivity index is 2.35. The second kappa shape index (κ2) is 4.64. The van der Waals surface area contributed by atoms with Gasteiger partial charge in [-0.25, -0.2) is 12.7 Å². The van der Waals surface area contributed by atoms with Crippen LogP contribution < -0.4 is 4.74 Å². The predicted molar refractivity (Wildman–Crippen MR) is 62.5 cm³/mol. The highest BCUT2D eigenvalue weighted by molar-refractivity contribution is 7.89. The molecule has 1 aliphatic heterocycles. The quantitative estimate of drug-likeness (QED) is 0.842. The predicted octanol–water partition coefficient (Wildman–Crippen LogP) is 0.234. The first-order valence-electron chi connectivity index (χ1n) is 5.38. The molecule has 0 aliphatic carbocycles. The maximum Gasteiger partial charge on any atom is 0.243 e. The zero-order valence-corrected chi connectivity index (χ0v) is 10.4. The van der Waals surface area contributed by atoms with Crippen molar-refractivity contribution in [3.05, 3.63) is 23.8 Å². The topological polar surface area (TPSA) is 66.8 Å². The van der Waals surface area contributed by atoms with Crippen LogP contribution in [-0.2, 0) is 16.4 Å². The molecular formula is C11H15NO4S. The Labute approximate surface area is 101 Å². The van der Waals surface area contributed by atoms with Crippen LogP contribution in [0.4, 0.5) is 0 Å². The van der Waals surface area contributed by atoms with E-state index in [-0.39, 0.29) is 13.2 Å². The zero-order chi connectivity index (χ0) is 12.5. The lowest BCUT2D eigenvalue weighted by Gasteiger charge is -2.25. The first-order chi connectivity index (χ1) is 8.05. The molecule has 0 saturated carbocycles. The van der Waals surface area contributed by atoms with Gasteiger partial charge in [-0.15, -0.1) is 0 Å². The molecule has 1 aliphatic rings. The molecule has 0 atom stereocenters. The summed E-state index contributed by atoms with van der Waals surface area (Å²) >= 11 is 0. The fraction of sp³-hybridized carbons (Fsp3) is 0.455. The van der Waals surface area contributed by atoms with E-state index in [1.54, 1.807) is 25.2 Å². The molecule has 5 nitrogen and oxygen atoms in total. The van der Waals surface area contributed by atoms with Crippen molar-refractivity contribution in [2.45, 2.75) is 11.3 Å². The van der Waals surface area contributed by atoms with Crippen LogP contribution in [0.25, 0.3) is 0 Å². The van der Waals surface area contributed by atoms with E-state index in [1.165, 1.54) is 4.31 Å². The summed E-state index contributed by atoms with van der Waals surface area (Å²) in [5.41, 5.74) is 0.776. The molecule has 0 aromatic heterocycles. The van der Waals surface area contributed by atoms with Gasteiger partial charge in [0.2, 0.25) is 10.0 Å². The SMILES string of the molecule is CN1CCc2cc(OCCO)ccc2S1(=O)=O. The third-order valence-electron chi connectivity index (χ3n) is 2.78. The van der Waals surface area contributed by atoms with Crippen LogP contribution in [0, 0.1) is 0 Å². The minimum atomic E-state index is -3.33. The number of nitrogens with zero attached hydrogens (tertiary/aromatic N) is 1. The van der Waals surface area contributed by atoms with Crippen molar-refractivity contribution in [3.8, 4) is 5.75 Å². The molecule has 0 bridgehead atoms. The van der Waals surface area contributed by atoms with Gasteiger partial charge in [0, 0.05) is 13.6 Å². The molecule has 0 radical (unpaired) electrons. The Morgan fingerprint density at radius 3 is 2.94 bits per heavy atom. The van der Waals surface area contributed by atoms with Crippen molar-refractivity contribution in [1.29, 1.82) is 0 Å². The number of aliphatic hydroxyl groups is 1. The Bertz CT molecular complexity index is 512. The lowest BCUT2D eigenvalue weighted by atomic mass is 10.1. The molecule has 1 N–H and O–H groups in total. The fourth-order valence-electron chi connectivity index (χ4n) is 1.82. The first kappa shape index (κ1) is 12.3. The van der Waals surface area contributed by atoms with Gasteiger partial charge in [-0.3, -0.25) is 0 Å². The molecule has 17 heavy (non-hydrogen) atoms. The van der Waals surface area contributed by atoms with Crippen molar-refractivity contribution < 1.29 is 18.3 Å². The van der Waals surface area contributed by atoms with Gasteiger partial charge in [-0.1, -0.05) is 0 Å². The molecule has 1 heterocycles. The maximum atomic E-state index is 12.0. The summed E-state index contributed by atoms with van der Waals surface area (Å²) in [6, 6.07) is 4.91. The van der Waals surface area contributed by atoms with Gasteiger partial charge < -0.3 is 9.84 Å². The molecule has 0 unspecified atom stereocenters. The highest BCUT2D eigenvalue weighted by Crippen LogP contribution is 2.28. The maximum absolute atomic E-state index is 12.0. The van der Waals surface area contributed by atoms with Crippen molar-refractivity contribution >= 4 is 10.0 Å². The fourth-order valence-corrected chi connectivity index (χ4v) is 3.22. The standard InChI is InChI=1S/C11H15NO4S/c1-12-5-4-9-8-10(16-7-6-13)2-3-11(9)17(12,14)15/h2-3,8,13H,4-7H2,1H3. The van der Waals surface area contributed by atoms with E-state index in [0.717, 1.165) is 5.56 Å². The van der Waals surface area contributed by atoms with E-state index >= 15 is 0 Å². The summed E-state index contributed by atoms with van der Waals surface area (Å²) in [6.07, 6.45) is 0.682. The summed E-state index contributed by atoms with van der Waals surface area (Å²) in [5, 5.41) is 8.66. The van der Waals surface area contributed by atoms with Crippen LogP contribution in [-0.4, -0.2) is 44.6 Å². The van der Waals surface area contributed by atoms with E-state index < -0.39 is 10.0 Å². The van der Waals surface area contributed by atoms with Crippen LogP contribution in [0.15, 0.2) is 23.1 Å². The number of rotatable bonds is 3. The van der Waals surface area contributed by atoms with Crippen LogP contribution in [0.5, 0.6) is 5.75 Å². The van der Waals surface area contributed by atoms with Gasteiger partial charge in [0.05, 0.1) is 11.5 Å². The van der Waals surface area contributed by atoms with Gasteiger partial charge in [-0.05, 0) is 30.2 Å². The first-order valence-corrected chi connectivity index (χ1v) is 6.82. The molecule has 0 fully saturated rings. The largest absolute Gasteiger partial charge is 0.491 e. The number of fused-ring (bicyclic) bond motifs is 1. The Morgan fingerprint density at radius 1 is 1.47 bits per heavy atom. The third kappa shape index (κ3) is 2.29. The normalized spacial score (nSPS) is 18.7. The van der Waals surface area contributed by atoms with Gasteiger partial charge in [0.15, 0.2) is 0 Å². The van der Waals surface area contributed by atoms with E-state index in [4.69, 9.17) is 9.84 Å². The summed E-state index contributed by atoms with van der Waals surface area (Å²) < 4.78 is 30.6. The molecule has 2 rings (SSSR count). The second-order valence-corrected chi connectivity index (χ2v) is 5.93. The van der Waals surface area contributed by atoms with E-state index in [0.29, 0.717) is 23.6 Å². The number of likely N-dealkylation sites (N-methyl/N-ethyl adjacent to an activating group) is 1. The van der Waals surface area contributed by atoms with Crippen LogP contribution in [0.2, 0.25) is 0 Å². The third-order valence-corrected chi connectivity index (χ3v) is 4.73. The van der Waals surface area contributed by atoms with E-state index in [2.05, 4.69) is 0 Å². The zero-order valence-electron chi connectivity index (χ0n) is 9.59. The average molecular weight is 257 g/mol. The minimum Gasteiger partial charge on any atom is -0.491 e. The second-order valence-electron chi connectivity index (χ2n) is 3.92. The summed E-state index contributed by atoms with van der Waals surface area (Å²) in [4.78, 5) is 0.350. The summed E-state index contributed by atoms with van der Waals surface area (Å²) in [5.74, 6) is 0.595. The Hall–Kier alpha value is -1.11. The molecule has 0 amide bonds. The Morgan fingerprint density at radius 2 is 2.24 bits per heavy atom. The molecule has 0 spiro atoms. The monoisotopic (exact) mass is 257 g/mol. The highest BCUT2D eigenvalue weighted by atomic mass is 32.2.